The highest BCUT2D eigenvalue weighted by Crippen LogP contribution is 2.16. The summed E-state index contributed by atoms with van der Waals surface area (Å²) in [5.74, 6) is 0. The summed E-state index contributed by atoms with van der Waals surface area (Å²) in [6.45, 7) is -0.345. The van der Waals surface area contributed by atoms with Gasteiger partial charge < -0.3 is 31.5 Å². The van der Waals surface area contributed by atoms with E-state index < -0.39 is 30.6 Å². The van der Waals surface area contributed by atoms with Gasteiger partial charge >= 0.3 is 0 Å². The first-order chi connectivity index (χ1) is 5.57. The highest BCUT2D eigenvalue weighted by atomic mass is 16.6. The molecule has 0 saturated carbocycles. The number of nitrogens with two attached hydrogens (primary N) is 2. The summed E-state index contributed by atoms with van der Waals surface area (Å²) in [4.78, 5) is 0. The van der Waals surface area contributed by atoms with E-state index in [1.165, 1.54) is 0 Å². The molecule has 1 fully saturated rings. The maximum Gasteiger partial charge on any atom is 0.172 e. The Hall–Kier alpha value is -0.240. The van der Waals surface area contributed by atoms with Gasteiger partial charge in [0.25, 0.3) is 0 Å². The first kappa shape index (κ1) is 9.85. The molecule has 0 aromatic heterocycles. The third-order valence-corrected chi connectivity index (χ3v) is 2.04. The van der Waals surface area contributed by atoms with Gasteiger partial charge in [-0.1, -0.05) is 0 Å². The molecule has 0 aromatic carbocycles. The van der Waals surface area contributed by atoms with E-state index in [2.05, 4.69) is 0 Å². The fourth-order valence-electron chi connectivity index (χ4n) is 1.17. The van der Waals surface area contributed by atoms with E-state index in [9.17, 15) is 5.11 Å². The van der Waals surface area contributed by atoms with E-state index in [1.54, 1.807) is 0 Å². The molecule has 6 nitrogen and oxygen atoms in total. The lowest BCUT2D eigenvalue weighted by Crippen LogP contribution is -2.64. The Kier molecular flexibility index (Phi) is 2.99. The fourth-order valence-corrected chi connectivity index (χ4v) is 1.17. The van der Waals surface area contributed by atoms with Gasteiger partial charge in [0.05, 0.1) is 24.8 Å². The van der Waals surface area contributed by atoms with Crippen LogP contribution in [0.2, 0.25) is 0 Å². The molecule has 1 rings (SSSR count). The van der Waals surface area contributed by atoms with Gasteiger partial charge in [-0.2, -0.15) is 0 Å². The molecule has 1 aliphatic rings. The van der Waals surface area contributed by atoms with E-state index in [-0.39, 0.29) is 6.61 Å². The summed E-state index contributed by atoms with van der Waals surface area (Å²) in [6.07, 6.45) is -3.07. The van der Waals surface area contributed by atoms with E-state index in [4.69, 9.17) is 26.4 Å². The topological polar surface area (TPSA) is 122 Å². The summed E-state index contributed by atoms with van der Waals surface area (Å²) in [7, 11) is 0. The fraction of sp³-hybridized carbons (Fsp3) is 1.00. The molecule has 0 amide bonds. The van der Waals surface area contributed by atoms with Gasteiger partial charge in [0.15, 0.2) is 6.29 Å². The number of rotatable bonds is 1. The van der Waals surface area contributed by atoms with Crippen molar-refractivity contribution in [2.24, 2.45) is 11.5 Å². The Morgan fingerprint density at radius 3 is 2.25 bits per heavy atom. The average Bonchev–Trinajstić information content (AvgIpc) is 2.08. The van der Waals surface area contributed by atoms with Crippen LogP contribution in [0.3, 0.4) is 0 Å². The molecule has 0 radical (unpaired) electrons. The van der Waals surface area contributed by atoms with Crippen molar-refractivity contribution >= 4 is 0 Å². The Balaban J connectivity index is 2.63. The van der Waals surface area contributed by atoms with E-state index >= 15 is 0 Å². The SMILES string of the molecule is NC1[C@H](O)OC(CO)[C@@H](N)[C@@H]1O. The Labute approximate surface area is 69.7 Å². The second-order valence-electron chi connectivity index (χ2n) is 2.89. The highest BCUT2D eigenvalue weighted by Gasteiger charge is 2.40. The van der Waals surface area contributed by atoms with Crippen LogP contribution in [-0.4, -0.2) is 52.5 Å². The highest BCUT2D eigenvalue weighted by molar-refractivity contribution is 4.93. The molecule has 0 bridgehead atoms. The van der Waals surface area contributed by atoms with E-state index in [1.807, 2.05) is 0 Å². The molecular formula is C6H14N2O4. The normalized spacial score (nSPS) is 49.2. The van der Waals surface area contributed by atoms with Crippen LogP contribution in [0.5, 0.6) is 0 Å². The maximum absolute atomic E-state index is 9.32. The molecule has 12 heavy (non-hydrogen) atoms. The molecule has 6 heteroatoms. The maximum atomic E-state index is 9.32. The molecule has 7 N–H and O–H groups in total. The second kappa shape index (κ2) is 3.65. The molecular weight excluding hydrogens is 164 g/mol. The van der Waals surface area contributed by atoms with Crippen LogP contribution in [0.4, 0.5) is 0 Å². The zero-order valence-corrected chi connectivity index (χ0v) is 6.50. The van der Waals surface area contributed by atoms with Crippen molar-refractivity contribution in [2.45, 2.75) is 30.6 Å². The van der Waals surface area contributed by atoms with Gasteiger partial charge in [-0.3, -0.25) is 0 Å². The Morgan fingerprint density at radius 1 is 1.17 bits per heavy atom. The second-order valence-corrected chi connectivity index (χ2v) is 2.89. The predicted molar refractivity (Wildman–Crippen MR) is 39.9 cm³/mol. The third-order valence-electron chi connectivity index (χ3n) is 2.04. The lowest BCUT2D eigenvalue weighted by atomic mass is 9.96. The number of aliphatic hydroxyl groups excluding tert-OH is 3. The molecule has 0 aliphatic carbocycles. The average molecular weight is 178 g/mol. The molecule has 0 spiro atoms. The van der Waals surface area contributed by atoms with Crippen LogP contribution in [0, 0.1) is 0 Å². The number of aliphatic hydroxyl groups is 3. The molecule has 1 saturated heterocycles. The lowest BCUT2D eigenvalue weighted by Gasteiger charge is -2.38. The van der Waals surface area contributed by atoms with Crippen molar-refractivity contribution in [3.63, 3.8) is 0 Å². The van der Waals surface area contributed by atoms with Crippen LogP contribution >= 0.6 is 0 Å². The minimum absolute atomic E-state index is 0.345. The van der Waals surface area contributed by atoms with Gasteiger partial charge in [-0.15, -0.1) is 0 Å². The Bertz CT molecular complexity index is 152. The van der Waals surface area contributed by atoms with Crippen LogP contribution in [0.15, 0.2) is 0 Å². The van der Waals surface area contributed by atoms with Crippen LogP contribution in [0.25, 0.3) is 0 Å². The number of hydrogen-bond donors (Lipinski definition) is 5. The van der Waals surface area contributed by atoms with Crippen molar-refractivity contribution in [2.75, 3.05) is 6.61 Å². The summed E-state index contributed by atoms with van der Waals surface area (Å²) >= 11 is 0. The van der Waals surface area contributed by atoms with Gasteiger partial charge in [-0.25, -0.2) is 0 Å². The van der Waals surface area contributed by atoms with Crippen LogP contribution in [0.1, 0.15) is 0 Å². The van der Waals surface area contributed by atoms with Crippen molar-refractivity contribution < 1.29 is 20.1 Å². The zero-order chi connectivity index (χ0) is 9.30. The van der Waals surface area contributed by atoms with Crippen molar-refractivity contribution in [1.29, 1.82) is 0 Å². The van der Waals surface area contributed by atoms with Gasteiger partial charge in [0.2, 0.25) is 0 Å². The number of ether oxygens (including phenoxy) is 1. The largest absolute Gasteiger partial charge is 0.394 e. The smallest absolute Gasteiger partial charge is 0.172 e. The molecule has 1 heterocycles. The Morgan fingerprint density at radius 2 is 1.75 bits per heavy atom. The minimum Gasteiger partial charge on any atom is -0.394 e. The van der Waals surface area contributed by atoms with Crippen molar-refractivity contribution in [3.05, 3.63) is 0 Å². The van der Waals surface area contributed by atoms with E-state index in [0.717, 1.165) is 0 Å². The third kappa shape index (κ3) is 1.58. The van der Waals surface area contributed by atoms with Crippen molar-refractivity contribution in [3.8, 4) is 0 Å². The van der Waals surface area contributed by atoms with E-state index in [0.29, 0.717) is 0 Å². The molecule has 0 aromatic rings. The van der Waals surface area contributed by atoms with Gasteiger partial charge in [0, 0.05) is 0 Å². The first-order valence-corrected chi connectivity index (χ1v) is 3.71. The summed E-state index contributed by atoms with van der Waals surface area (Å²) in [5.41, 5.74) is 10.8. The molecule has 1 aliphatic heterocycles. The molecule has 2 unspecified atom stereocenters. The monoisotopic (exact) mass is 178 g/mol. The molecule has 5 atom stereocenters. The molecule has 72 valence electrons. The van der Waals surface area contributed by atoms with Crippen LogP contribution in [-0.2, 0) is 4.74 Å². The first-order valence-electron chi connectivity index (χ1n) is 3.71. The van der Waals surface area contributed by atoms with Gasteiger partial charge in [-0.05, 0) is 0 Å². The summed E-state index contributed by atoms with van der Waals surface area (Å²) in [5, 5.41) is 27.1. The van der Waals surface area contributed by atoms with Crippen LogP contribution < -0.4 is 11.5 Å². The minimum atomic E-state index is -1.27. The summed E-state index contributed by atoms with van der Waals surface area (Å²) in [6, 6.07) is -1.67. The zero-order valence-electron chi connectivity index (χ0n) is 6.50. The lowest BCUT2D eigenvalue weighted by molar-refractivity contribution is -0.215. The predicted octanol–water partition coefficient (Wildman–Crippen LogP) is -3.29. The van der Waals surface area contributed by atoms with Gasteiger partial charge in [0.1, 0.15) is 6.10 Å². The van der Waals surface area contributed by atoms with Crippen molar-refractivity contribution in [1.82, 2.24) is 0 Å². The number of hydrogen-bond acceptors (Lipinski definition) is 6. The standard InChI is InChI=1S/C6H14N2O4/c7-3-2(1-9)12-6(11)4(8)5(3)10/h2-6,9-11H,1,7-8H2/t2?,3-,4?,5+,6-/m1/s1. The quantitative estimate of drug-likeness (QED) is 0.287. The summed E-state index contributed by atoms with van der Waals surface area (Å²) < 4.78 is 4.83.